The van der Waals surface area contributed by atoms with Crippen molar-refractivity contribution in [2.45, 2.75) is 26.0 Å². The van der Waals surface area contributed by atoms with Gasteiger partial charge in [-0.25, -0.2) is 4.39 Å². The van der Waals surface area contributed by atoms with E-state index >= 15 is 0 Å². The van der Waals surface area contributed by atoms with E-state index in [1.54, 1.807) is 36.2 Å². The SMILES string of the molecule is Cc1cc(C2=NC(Cc3ccc(F)cc3Cl)C(=O)N(C)c3ccc(Cl)cc32)ccc1CO. The zero-order valence-corrected chi connectivity index (χ0v) is 19.1. The minimum atomic E-state index is -0.762. The number of hydrogen-bond acceptors (Lipinski definition) is 3. The highest BCUT2D eigenvalue weighted by atomic mass is 35.5. The molecule has 0 spiro atoms. The molecule has 0 bridgehead atoms. The second kappa shape index (κ2) is 9.02. The van der Waals surface area contributed by atoms with Crippen LogP contribution in [0.15, 0.2) is 59.6 Å². The van der Waals surface area contributed by atoms with Crippen LogP contribution in [0.4, 0.5) is 10.1 Å². The summed E-state index contributed by atoms with van der Waals surface area (Å²) in [6.45, 7) is 1.85. The quantitative estimate of drug-likeness (QED) is 0.557. The number of carbonyl (C=O) groups is 1. The molecule has 0 radical (unpaired) electrons. The molecule has 0 saturated carbocycles. The van der Waals surface area contributed by atoms with Crippen molar-refractivity contribution in [3.8, 4) is 0 Å². The minimum Gasteiger partial charge on any atom is -0.392 e. The molecule has 1 aliphatic heterocycles. The first kappa shape index (κ1) is 22.5. The summed E-state index contributed by atoms with van der Waals surface area (Å²) < 4.78 is 13.5. The number of benzene rings is 3. The Hall–Kier alpha value is -2.73. The van der Waals surface area contributed by atoms with Gasteiger partial charge in [0, 0.05) is 34.6 Å². The first-order valence-corrected chi connectivity index (χ1v) is 10.8. The smallest absolute Gasteiger partial charge is 0.251 e. The van der Waals surface area contributed by atoms with Crippen LogP contribution in [0.3, 0.4) is 0 Å². The van der Waals surface area contributed by atoms with Gasteiger partial charge in [0.1, 0.15) is 11.9 Å². The molecule has 1 aliphatic rings. The monoisotopic (exact) mass is 470 g/mol. The van der Waals surface area contributed by atoms with E-state index in [0.717, 1.165) is 22.3 Å². The van der Waals surface area contributed by atoms with Gasteiger partial charge in [-0.05, 0) is 60.0 Å². The molecule has 1 atom stereocenters. The number of anilines is 1. The first-order chi connectivity index (χ1) is 15.3. The number of likely N-dealkylation sites (N-methyl/N-ethyl adjacent to an activating group) is 1. The minimum absolute atomic E-state index is 0.0616. The number of carbonyl (C=O) groups excluding carboxylic acids is 1. The maximum Gasteiger partial charge on any atom is 0.251 e. The Morgan fingerprint density at radius 1 is 1.06 bits per heavy atom. The Labute approximate surface area is 195 Å². The van der Waals surface area contributed by atoms with Gasteiger partial charge in [0.05, 0.1) is 18.0 Å². The number of amides is 1. The number of aliphatic hydroxyl groups excluding tert-OH is 1. The summed E-state index contributed by atoms with van der Waals surface area (Å²) in [5.74, 6) is -0.638. The molecule has 0 fully saturated rings. The Bertz CT molecular complexity index is 1240. The van der Waals surface area contributed by atoms with Gasteiger partial charge in [-0.1, -0.05) is 41.4 Å². The lowest BCUT2D eigenvalue weighted by molar-refractivity contribution is -0.119. The first-order valence-electron chi connectivity index (χ1n) is 10.1. The van der Waals surface area contributed by atoms with Crippen molar-refractivity contribution >= 4 is 40.5 Å². The highest BCUT2D eigenvalue weighted by Crippen LogP contribution is 2.32. The van der Waals surface area contributed by atoms with Crippen LogP contribution >= 0.6 is 23.2 Å². The van der Waals surface area contributed by atoms with Crippen LogP contribution in [-0.4, -0.2) is 29.8 Å². The molecule has 3 aromatic carbocycles. The van der Waals surface area contributed by atoms with Gasteiger partial charge in [0.25, 0.3) is 5.91 Å². The number of benzodiazepines with no additional fused rings is 1. The Morgan fingerprint density at radius 2 is 1.81 bits per heavy atom. The fraction of sp³-hybridized carbons (Fsp3) is 0.200. The van der Waals surface area contributed by atoms with Crippen LogP contribution in [0.25, 0.3) is 0 Å². The number of aliphatic imine (C=N–C) groups is 1. The van der Waals surface area contributed by atoms with Gasteiger partial charge in [0.2, 0.25) is 0 Å². The summed E-state index contributed by atoms with van der Waals surface area (Å²) in [4.78, 5) is 19.8. The summed E-state index contributed by atoms with van der Waals surface area (Å²) in [5.41, 5.74) is 5.22. The third-order valence-electron chi connectivity index (χ3n) is 5.69. The topological polar surface area (TPSA) is 52.9 Å². The van der Waals surface area contributed by atoms with E-state index in [2.05, 4.69) is 0 Å². The molecule has 164 valence electrons. The summed E-state index contributed by atoms with van der Waals surface area (Å²) in [7, 11) is 1.70. The van der Waals surface area contributed by atoms with E-state index in [0.29, 0.717) is 22.0 Å². The lowest BCUT2D eigenvalue weighted by Crippen LogP contribution is -2.36. The second-order valence-corrected chi connectivity index (χ2v) is 8.64. The van der Waals surface area contributed by atoms with E-state index in [-0.39, 0.29) is 24.0 Å². The van der Waals surface area contributed by atoms with Crippen LogP contribution in [0.2, 0.25) is 10.0 Å². The van der Waals surface area contributed by atoms with Crippen molar-refractivity contribution in [1.29, 1.82) is 0 Å². The molecule has 1 amide bonds. The molecule has 4 nitrogen and oxygen atoms in total. The lowest BCUT2D eigenvalue weighted by Gasteiger charge is -2.21. The Kier molecular flexibility index (Phi) is 6.33. The van der Waals surface area contributed by atoms with Crippen molar-refractivity contribution in [1.82, 2.24) is 0 Å². The van der Waals surface area contributed by atoms with E-state index in [9.17, 15) is 14.3 Å². The largest absolute Gasteiger partial charge is 0.392 e. The Balaban J connectivity index is 1.88. The molecule has 1 unspecified atom stereocenters. The van der Waals surface area contributed by atoms with Gasteiger partial charge in [-0.15, -0.1) is 0 Å². The zero-order chi connectivity index (χ0) is 23.0. The number of hydrogen-bond donors (Lipinski definition) is 1. The van der Waals surface area contributed by atoms with Gasteiger partial charge in [-0.3, -0.25) is 9.79 Å². The third kappa shape index (κ3) is 4.29. The maximum absolute atomic E-state index is 13.5. The average molecular weight is 471 g/mol. The van der Waals surface area contributed by atoms with Crippen molar-refractivity contribution in [2.24, 2.45) is 4.99 Å². The molecule has 1 N–H and O–H groups in total. The third-order valence-corrected chi connectivity index (χ3v) is 6.28. The van der Waals surface area contributed by atoms with Crippen LogP contribution in [0.5, 0.6) is 0 Å². The summed E-state index contributed by atoms with van der Waals surface area (Å²) in [5, 5.41) is 10.3. The van der Waals surface area contributed by atoms with Crippen molar-refractivity contribution < 1.29 is 14.3 Å². The molecular weight excluding hydrogens is 450 g/mol. The number of nitrogens with zero attached hydrogens (tertiary/aromatic N) is 2. The molecular formula is C25H21Cl2FN2O2. The van der Waals surface area contributed by atoms with E-state index in [1.807, 2.05) is 25.1 Å². The number of fused-ring (bicyclic) bond motifs is 1. The van der Waals surface area contributed by atoms with E-state index in [1.165, 1.54) is 12.1 Å². The van der Waals surface area contributed by atoms with E-state index in [4.69, 9.17) is 28.2 Å². The molecule has 32 heavy (non-hydrogen) atoms. The average Bonchev–Trinajstić information content (AvgIpc) is 2.86. The second-order valence-electron chi connectivity index (χ2n) is 7.79. The highest BCUT2D eigenvalue weighted by molar-refractivity contribution is 6.32. The fourth-order valence-electron chi connectivity index (χ4n) is 3.89. The standard InChI is InChI=1S/C25H21Cl2FN2O2/c1-14-9-16(3-4-17(14)13-31)24-20-11-18(26)6-8-23(20)30(2)25(32)22(29-24)10-15-5-7-19(28)12-21(15)27/h3-9,11-12,22,31H,10,13H2,1-2H3. The summed E-state index contributed by atoms with van der Waals surface area (Å²) >= 11 is 12.5. The van der Waals surface area contributed by atoms with E-state index < -0.39 is 11.9 Å². The van der Waals surface area contributed by atoms with Gasteiger partial charge < -0.3 is 10.0 Å². The molecule has 0 saturated heterocycles. The number of halogens is 3. The maximum atomic E-state index is 13.5. The molecule has 7 heteroatoms. The van der Waals surface area contributed by atoms with Gasteiger partial charge >= 0.3 is 0 Å². The number of rotatable bonds is 4. The molecule has 4 rings (SSSR count). The predicted octanol–water partition coefficient (Wildman–Crippen LogP) is 5.36. The zero-order valence-electron chi connectivity index (χ0n) is 17.6. The number of aryl methyl sites for hydroxylation is 1. The van der Waals surface area contributed by atoms with Crippen LogP contribution in [0.1, 0.15) is 27.8 Å². The van der Waals surface area contributed by atoms with Crippen molar-refractivity contribution in [3.63, 3.8) is 0 Å². The number of aliphatic hydroxyl groups is 1. The molecule has 3 aromatic rings. The molecule has 0 aromatic heterocycles. The normalized spacial score (nSPS) is 15.9. The van der Waals surface area contributed by atoms with Gasteiger partial charge in [-0.2, -0.15) is 0 Å². The lowest BCUT2D eigenvalue weighted by atomic mass is 9.96. The summed E-state index contributed by atoms with van der Waals surface area (Å²) in [6.07, 6.45) is 0.223. The van der Waals surface area contributed by atoms with Crippen LogP contribution in [-0.2, 0) is 17.8 Å². The Morgan fingerprint density at radius 3 is 2.50 bits per heavy atom. The van der Waals surface area contributed by atoms with Crippen LogP contribution < -0.4 is 4.90 Å². The molecule has 1 heterocycles. The van der Waals surface area contributed by atoms with Crippen molar-refractivity contribution in [3.05, 3.63) is 98.3 Å². The predicted molar refractivity (Wildman–Crippen MR) is 127 cm³/mol. The molecule has 0 aliphatic carbocycles. The van der Waals surface area contributed by atoms with Gasteiger partial charge in [0.15, 0.2) is 0 Å². The summed E-state index contributed by atoms with van der Waals surface area (Å²) in [6, 6.07) is 14.4. The fourth-order valence-corrected chi connectivity index (χ4v) is 4.31. The van der Waals surface area contributed by atoms with Crippen molar-refractivity contribution in [2.75, 3.05) is 11.9 Å². The highest BCUT2D eigenvalue weighted by Gasteiger charge is 2.31. The van der Waals surface area contributed by atoms with Crippen LogP contribution in [0, 0.1) is 12.7 Å².